The van der Waals surface area contributed by atoms with Gasteiger partial charge in [0.15, 0.2) is 0 Å². The highest BCUT2D eigenvalue weighted by Crippen LogP contribution is 2.45. The topological polar surface area (TPSA) is 46.2 Å². The van der Waals surface area contributed by atoms with Crippen molar-refractivity contribution in [1.82, 2.24) is 0 Å². The van der Waals surface area contributed by atoms with E-state index in [9.17, 15) is 9.50 Å². The molecule has 4 heteroatoms. The van der Waals surface area contributed by atoms with E-state index >= 15 is 0 Å². The lowest BCUT2D eigenvalue weighted by atomic mass is 9.73. The summed E-state index contributed by atoms with van der Waals surface area (Å²) in [6, 6.07) is 4.45. The molecule has 0 amide bonds. The van der Waals surface area contributed by atoms with E-state index in [0.717, 1.165) is 30.2 Å². The first-order chi connectivity index (χ1) is 9.09. The number of halogens is 2. The van der Waals surface area contributed by atoms with Gasteiger partial charge in [-0.15, -0.1) is 0 Å². The molecular formula is C15H21BrFNO. The SMILES string of the molecule is NCC1(C(O)c2cc(F)ccc2Br)CCCCCC1. The molecule has 19 heavy (non-hydrogen) atoms. The van der Waals surface area contributed by atoms with Crippen LogP contribution >= 0.6 is 15.9 Å². The van der Waals surface area contributed by atoms with E-state index < -0.39 is 6.10 Å². The Hall–Kier alpha value is -0.450. The van der Waals surface area contributed by atoms with Gasteiger partial charge in [-0.1, -0.05) is 41.6 Å². The molecule has 1 fully saturated rings. The molecular weight excluding hydrogens is 309 g/mol. The van der Waals surface area contributed by atoms with Crippen LogP contribution in [0.25, 0.3) is 0 Å². The van der Waals surface area contributed by atoms with Crippen LogP contribution < -0.4 is 5.73 Å². The number of hydrogen-bond acceptors (Lipinski definition) is 2. The number of aliphatic hydroxyl groups excluding tert-OH is 1. The van der Waals surface area contributed by atoms with Crippen molar-refractivity contribution in [1.29, 1.82) is 0 Å². The largest absolute Gasteiger partial charge is 0.388 e. The summed E-state index contributed by atoms with van der Waals surface area (Å²) < 4.78 is 14.2. The molecule has 1 aliphatic carbocycles. The van der Waals surface area contributed by atoms with Crippen molar-refractivity contribution in [3.05, 3.63) is 34.1 Å². The maximum Gasteiger partial charge on any atom is 0.123 e. The number of aliphatic hydroxyl groups is 1. The van der Waals surface area contributed by atoms with Crippen LogP contribution in [-0.2, 0) is 0 Å². The molecule has 0 aliphatic heterocycles. The van der Waals surface area contributed by atoms with Gasteiger partial charge in [-0.05, 0) is 36.6 Å². The number of benzene rings is 1. The maximum absolute atomic E-state index is 13.4. The van der Waals surface area contributed by atoms with Crippen molar-refractivity contribution in [2.24, 2.45) is 11.1 Å². The van der Waals surface area contributed by atoms with Crippen LogP contribution in [0.4, 0.5) is 4.39 Å². The second kappa shape index (κ2) is 6.33. The molecule has 2 nitrogen and oxygen atoms in total. The Morgan fingerprint density at radius 1 is 1.26 bits per heavy atom. The van der Waals surface area contributed by atoms with Crippen LogP contribution in [-0.4, -0.2) is 11.7 Å². The summed E-state index contributed by atoms with van der Waals surface area (Å²) in [5.41, 5.74) is 6.27. The molecule has 0 heterocycles. The molecule has 1 aliphatic rings. The molecule has 106 valence electrons. The summed E-state index contributed by atoms with van der Waals surface area (Å²) in [6.07, 6.45) is 5.67. The van der Waals surface area contributed by atoms with Gasteiger partial charge in [-0.3, -0.25) is 0 Å². The van der Waals surface area contributed by atoms with Gasteiger partial charge in [-0.2, -0.15) is 0 Å². The quantitative estimate of drug-likeness (QED) is 0.825. The van der Waals surface area contributed by atoms with Crippen LogP contribution in [0.15, 0.2) is 22.7 Å². The van der Waals surface area contributed by atoms with Crippen LogP contribution in [0.2, 0.25) is 0 Å². The third kappa shape index (κ3) is 3.18. The Labute approximate surface area is 122 Å². The zero-order valence-corrected chi connectivity index (χ0v) is 12.6. The highest BCUT2D eigenvalue weighted by molar-refractivity contribution is 9.10. The summed E-state index contributed by atoms with van der Waals surface area (Å²) in [4.78, 5) is 0. The fourth-order valence-corrected chi connectivity index (χ4v) is 3.54. The first kappa shape index (κ1) is 14.9. The summed E-state index contributed by atoms with van der Waals surface area (Å²) in [5, 5.41) is 10.7. The minimum atomic E-state index is -0.708. The molecule has 1 aromatic rings. The van der Waals surface area contributed by atoms with Crippen molar-refractivity contribution in [3.8, 4) is 0 Å². The smallest absolute Gasteiger partial charge is 0.123 e. The van der Waals surface area contributed by atoms with Gasteiger partial charge in [0, 0.05) is 16.4 Å². The lowest BCUT2D eigenvalue weighted by molar-refractivity contribution is 0.0159. The predicted molar refractivity (Wildman–Crippen MR) is 78.2 cm³/mol. The number of nitrogens with two attached hydrogens (primary N) is 1. The monoisotopic (exact) mass is 329 g/mol. The second-order valence-electron chi connectivity index (χ2n) is 5.55. The predicted octanol–water partition coefficient (Wildman–Crippen LogP) is 3.92. The zero-order chi connectivity index (χ0) is 13.9. The van der Waals surface area contributed by atoms with E-state index in [4.69, 9.17) is 5.73 Å². The summed E-state index contributed by atoms with van der Waals surface area (Å²) in [6.45, 7) is 0.442. The fraction of sp³-hybridized carbons (Fsp3) is 0.600. The zero-order valence-electron chi connectivity index (χ0n) is 11.0. The number of hydrogen-bond donors (Lipinski definition) is 2. The fourth-order valence-electron chi connectivity index (χ4n) is 3.08. The molecule has 3 N–H and O–H groups in total. The van der Waals surface area contributed by atoms with E-state index in [1.807, 2.05) is 0 Å². The van der Waals surface area contributed by atoms with Crippen LogP contribution in [0.1, 0.15) is 50.2 Å². The standard InChI is InChI=1S/C15H21BrFNO/c16-13-6-5-11(17)9-12(13)14(19)15(10-18)7-3-1-2-4-8-15/h5-6,9,14,19H,1-4,7-8,10,18H2. The molecule has 0 bridgehead atoms. The molecule has 1 aromatic carbocycles. The van der Waals surface area contributed by atoms with Crippen LogP contribution in [0.3, 0.4) is 0 Å². The van der Waals surface area contributed by atoms with E-state index in [2.05, 4.69) is 15.9 Å². The van der Waals surface area contributed by atoms with E-state index in [1.54, 1.807) is 6.07 Å². The molecule has 0 saturated heterocycles. The third-order valence-corrected chi connectivity index (χ3v) is 5.06. The molecule has 0 spiro atoms. The van der Waals surface area contributed by atoms with E-state index in [-0.39, 0.29) is 11.2 Å². The van der Waals surface area contributed by atoms with Gasteiger partial charge in [0.25, 0.3) is 0 Å². The van der Waals surface area contributed by atoms with Crippen molar-refractivity contribution >= 4 is 15.9 Å². The van der Waals surface area contributed by atoms with Gasteiger partial charge in [-0.25, -0.2) is 4.39 Å². The first-order valence-electron chi connectivity index (χ1n) is 6.92. The van der Waals surface area contributed by atoms with Crippen LogP contribution in [0.5, 0.6) is 0 Å². The minimum absolute atomic E-state index is 0.313. The average molecular weight is 330 g/mol. The van der Waals surface area contributed by atoms with Gasteiger partial charge in [0.2, 0.25) is 0 Å². The minimum Gasteiger partial charge on any atom is -0.388 e. The van der Waals surface area contributed by atoms with E-state index in [1.165, 1.54) is 25.0 Å². The molecule has 0 radical (unpaired) electrons. The van der Waals surface area contributed by atoms with Crippen molar-refractivity contribution in [2.45, 2.75) is 44.6 Å². The molecule has 1 saturated carbocycles. The molecule has 2 rings (SSSR count). The Bertz CT molecular complexity index is 430. The lowest BCUT2D eigenvalue weighted by Crippen LogP contribution is -2.36. The first-order valence-corrected chi connectivity index (χ1v) is 7.71. The summed E-state index contributed by atoms with van der Waals surface area (Å²) in [5.74, 6) is -0.321. The van der Waals surface area contributed by atoms with Crippen molar-refractivity contribution in [2.75, 3.05) is 6.54 Å². The Kier molecular flexibility index (Phi) is 4.98. The average Bonchev–Trinajstić information content (AvgIpc) is 2.67. The molecule has 1 unspecified atom stereocenters. The third-order valence-electron chi connectivity index (χ3n) is 4.34. The Morgan fingerprint density at radius 3 is 2.47 bits per heavy atom. The highest BCUT2D eigenvalue weighted by Gasteiger charge is 2.38. The maximum atomic E-state index is 13.4. The second-order valence-corrected chi connectivity index (χ2v) is 6.40. The Balaban J connectivity index is 2.33. The van der Waals surface area contributed by atoms with Gasteiger partial charge in [0.1, 0.15) is 5.82 Å². The molecule has 0 aromatic heterocycles. The summed E-state index contributed by atoms with van der Waals surface area (Å²) >= 11 is 3.40. The van der Waals surface area contributed by atoms with Crippen LogP contribution in [0, 0.1) is 11.2 Å². The Morgan fingerprint density at radius 2 is 1.89 bits per heavy atom. The number of rotatable bonds is 3. The normalized spacial score (nSPS) is 20.8. The summed E-state index contributed by atoms with van der Waals surface area (Å²) in [7, 11) is 0. The highest BCUT2D eigenvalue weighted by atomic mass is 79.9. The lowest BCUT2D eigenvalue weighted by Gasteiger charge is -2.37. The van der Waals surface area contributed by atoms with Crippen molar-refractivity contribution < 1.29 is 9.50 Å². The van der Waals surface area contributed by atoms with Gasteiger partial charge >= 0.3 is 0 Å². The van der Waals surface area contributed by atoms with Gasteiger partial charge in [0.05, 0.1) is 6.10 Å². The van der Waals surface area contributed by atoms with Gasteiger partial charge < -0.3 is 10.8 Å². The molecule has 1 atom stereocenters. The van der Waals surface area contributed by atoms with Crippen molar-refractivity contribution in [3.63, 3.8) is 0 Å². The van der Waals surface area contributed by atoms with E-state index in [0.29, 0.717) is 12.1 Å².